The Morgan fingerprint density at radius 3 is 2.54 bits per heavy atom. The minimum Gasteiger partial charge on any atom is -0.507 e. The molecular weight excluding hydrogens is 324 g/mol. The Kier molecular flexibility index (Phi) is 4.19. The second-order valence-corrected chi connectivity index (χ2v) is 7.27. The Bertz CT molecular complexity index is 981. The van der Waals surface area contributed by atoms with E-state index in [4.69, 9.17) is 5.73 Å². The van der Waals surface area contributed by atoms with Crippen molar-refractivity contribution in [2.45, 2.75) is 38.0 Å². The van der Waals surface area contributed by atoms with E-state index in [1.807, 2.05) is 43.4 Å². The third kappa shape index (κ3) is 2.66. The maximum atomic E-state index is 11.6. The van der Waals surface area contributed by atoms with E-state index >= 15 is 0 Å². The molecule has 0 saturated heterocycles. The van der Waals surface area contributed by atoms with Crippen LogP contribution in [0.1, 0.15) is 53.9 Å². The molecule has 3 aromatic rings. The lowest BCUT2D eigenvalue weighted by molar-refractivity contribution is 0.100. The van der Waals surface area contributed by atoms with Gasteiger partial charge in [-0.2, -0.15) is 0 Å². The molecular formula is C22H24N2O2. The number of nitrogens with two attached hydrogens (primary N) is 1. The highest BCUT2D eigenvalue weighted by Gasteiger charge is 2.26. The van der Waals surface area contributed by atoms with Gasteiger partial charge in [0.2, 0.25) is 5.91 Å². The number of hydrogen-bond acceptors (Lipinski definition) is 2. The molecule has 1 amide bonds. The second kappa shape index (κ2) is 6.52. The Labute approximate surface area is 153 Å². The quantitative estimate of drug-likeness (QED) is 0.720. The number of para-hydroxylation sites is 1. The summed E-state index contributed by atoms with van der Waals surface area (Å²) in [6.45, 7) is 0. The zero-order chi connectivity index (χ0) is 18.3. The summed E-state index contributed by atoms with van der Waals surface area (Å²) in [6, 6.07) is 13.2. The van der Waals surface area contributed by atoms with Crippen molar-refractivity contribution in [3.63, 3.8) is 0 Å². The summed E-state index contributed by atoms with van der Waals surface area (Å²) in [6.07, 6.45) is 6.09. The van der Waals surface area contributed by atoms with Crippen molar-refractivity contribution in [3.8, 4) is 17.0 Å². The first-order valence-corrected chi connectivity index (χ1v) is 9.28. The number of aromatic nitrogens is 1. The predicted molar refractivity (Wildman–Crippen MR) is 104 cm³/mol. The van der Waals surface area contributed by atoms with Crippen LogP contribution in [-0.2, 0) is 7.05 Å². The molecule has 1 fully saturated rings. The van der Waals surface area contributed by atoms with E-state index in [1.165, 1.54) is 24.8 Å². The normalized spacial score (nSPS) is 15.4. The van der Waals surface area contributed by atoms with Gasteiger partial charge in [-0.05, 0) is 48.6 Å². The SMILES string of the molecule is Cn1c(-c2ccccc2O)c(C2CCCCC2)c2ccc(C(N)=O)cc21. The predicted octanol–water partition coefficient (Wildman–Crippen LogP) is 4.70. The Morgan fingerprint density at radius 1 is 1.12 bits per heavy atom. The van der Waals surface area contributed by atoms with Crippen LogP contribution >= 0.6 is 0 Å². The molecule has 1 aromatic heterocycles. The Morgan fingerprint density at radius 2 is 1.85 bits per heavy atom. The second-order valence-electron chi connectivity index (χ2n) is 7.27. The third-order valence-corrected chi connectivity index (χ3v) is 5.70. The molecule has 0 bridgehead atoms. The van der Waals surface area contributed by atoms with Crippen molar-refractivity contribution in [2.75, 3.05) is 0 Å². The molecule has 4 heteroatoms. The Hall–Kier alpha value is -2.75. The lowest BCUT2D eigenvalue weighted by Gasteiger charge is -2.23. The standard InChI is InChI=1S/C22H24N2O2/c1-24-18-13-15(22(23)26)11-12-16(18)20(14-7-3-2-4-8-14)21(24)17-9-5-6-10-19(17)25/h5-6,9-14,25H,2-4,7-8H2,1H3,(H2,23,26). The fraction of sp³-hybridized carbons (Fsp3) is 0.318. The van der Waals surface area contributed by atoms with Gasteiger partial charge in [0, 0.05) is 29.1 Å². The number of benzene rings is 2. The van der Waals surface area contributed by atoms with E-state index in [0.717, 1.165) is 35.0 Å². The maximum Gasteiger partial charge on any atom is 0.248 e. The van der Waals surface area contributed by atoms with Gasteiger partial charge in [0.25, 0.3) is 0 Å². The molecule has 0 radical (unpaired) electrons. The van der Waals surface area contributed by atoms with E-state index in [-0.39, 0.29) is 5.75 Å². The molecule has 4 nitrogen and oxygen atoms in total. The molecule has 1 saturated carbocycles. The first kappa shape index (κ1) is 16.7. The van der Waals surface area contributed by atoms with Crippen LogP contribution in [0.15, 0.2) is 42.5 Å². The van der Waals surface area contributed by atoms with Crippen LogP contribution in [0, 0.1) is 0 Å². The molecule has 1 aliphatic carbocycles. The van der Waals surface area contributed by atoms with Gasteiger partial charge in [-0.15, -0.1) is 0 Å². The van der Waals surface area contributed by atoms with Crippen molar-refractivity contribution >= 4 is 16.8 Å². The first-order chi connectivity index (χ1) is 12.6. The molecule has 0 unspecified atom stereocenters. The first-order valence-electron chi connectivity index (χ1n) is 9.28. The van der Waals surface area contributed by atoms with Gasteiger partial charge in [-0.3, -0.25) is 4.79 Å². The number of primary amides is 1. The van der Waals surface area contributed by atoms with Crippen LogP contribution in [-0.4, -0.2) is 15.6 Å². The minimum absolute atomic E-state index is 0.283. The number of hydrogen-bond donors (Lipinski definition) is 2. The van der Waals surface area contributed by atoms with Gasteiger partial charge < -0.3 is 15.4 Å². The van der Waals surface area contributed by atoms with Crippen LogP contribution in [0.2, 0.25) is 0 Å². The number of rotatable bonds is 3. The minimum atomic E-state index is -0.420. The van der Waals surface area contributed by atoms with Gasteiger partial charge in [0.1, 0.15) is 5.75 Å². The topological polar surface area (TPSA) is 68.2 Å². The van der Waals surface area contributed by atoms with Crippen LogP contribution < -0.4 is 5.73 Å². The summed E-state index contributed by atoms with van der Waals surface area (Å²) in [5, 5.41) is 11.6. The van der Waals surface area contributed by atoms with Crippen molar-refractivity contribution in [2.24, 2.45) is 12.8 Å². The lowest BCUT2D eigenvalue weighted by Crippen LogP contribution is -2.10. The number of carbonyl (C=O) groups is 1. The zero-order valence-corrected chi connectivity index (χ0v) is 15.0. The van der Waals surface area contributed by atoms with E-state index in [9.17, 15) is 9.90 Å². The molecule has 0 spiro atoms. The van der Waals surface area contributed by atoms with Crippen LogP contribution in [0.4, 0.5) is 0 Å². The summed E-state index contributed by atoms with van der Waals surface area (Å²) in [4.78, 5) is 11.6. The number of fused-ring (bicyclic) bond motifs is 1. The summed E-state index contributed by atoms with van der Waals surface area (Å²) in [5.41, 5.74) is 10.2. The smallest absolute Gasteiger partial charge is 0.248 e. The van der Waals surface area contributed by atoms with Gasteiger partial charge in [-0.1, -0.05) is 37.5 Å². The van der Waals surface area contributed by atoms with Gasteiger partial charge in [0.15, 0.2) is 0 Å². The summed E-state index contributed by atoms with van der Waals surface area (Å²) < 4.78 is 2.10. The number of nitrogens with zero attached hydrogens (tertiary/aromatic N) is 1. The van der Waals surface area contributed by atoms with Gasteiger partial charge >= 0.3 is 0 Å². The molecule has 4 rings (SSSR count). The summed E-state index contributed by atoms with van der Waals surface area (Å²) in [7, 11) is 2.00. The maximum absolute atomic E-state index is 11.6. The highest BCUT2D eigenvalue weighted by molar-refractivity contribution is 6.00. The largest absolute Gasteiger partial charge is 0.507 e. The Balaban J connectivity index is 2.03. The molecule has 1 heterocycles. The van der Waals surface area contributed by atoms with Crippen molar-refractivity contribution in [3.05, 3.63) is 53.6 Å². The lowest BCUT2D eigenvalue weighted by atomic mass is 9.81. The van der Waals surface area contributed by atoms with Gasteiger partial charge in [0.05, 0.1) is 5.69 Å². The number of phenols is 1. The van der Waals surface area contributed by atoms with E-state index in [1.54, 1.807) is 6.07 Å². The van der Waals surface area contributed by atoms with Crippen LogP contribution in [0.5, 0.6) is 5.75 Å². The molecule has 1 aliphatic rings. The highest BCUT2D eigenvalue weighted by atomic mass is 16.3. The molecule has 2 aromatic carbocycles. The van der Waals surface area contributed by atoms with Crippen molar-refractivity contribution in [1.82, 2.24) is 4.57 Å². The summed E-state index contributed by atoms with van der Waals surface area (Å²) >= 11 is 0. The summed E-state index contributed by atoms with van der Waals surface area (Å²) in [5.74, 6) is 0.337. The number of aromatic hydroxyl groups is 1. The third-order valence-electron chi connectivity index (χ3n) is 5.70. The average Bonchev–Trinajstić information content (AvgIpc) is 2.95. The van der Waals surface area contributed by atoms with Crippen LogP contribution in [0.3, 0.4) is 0 Å². The van der Waals surface area contributed by atoms with Crippen LogP contribution in [0.25, 0.3) is 22.2 Å². The van der Waals surface area contributed by atoms with E-state index in [2.05, 4.69) is 4.57 Å². The monoisotopic (exact) mass is 348 g/mol. The van der Waals surface area contributed by atoms with Crippen molar-refractivity contribution in [1.29, 1.82) is 0 Å². The highest BCUT2D eigenvalue weighted by Crippen LogP contribution is 2.45. The number of carbonyl (C=O) groups excluding carboxylic acids is 1. The number of amides is 1. The molecule has 0 aliphatic heterocycles. The number of phenolic OH excluding ortho intramolecular Hbond substituents is 1. The van der Waals surface area contributed by atoms with E-state index in [0.29, 0.717) is 11.5 Å². The molecule has 3 N–H and O–H groups in total. The van der Waals surface area contributed by atoms with Gasteiger partial charge in [-0.25, -0.2) is 0 Å². The molecule has 26 heavy (non-hydrogen) atoms. The fourth-order valence-electron chi connectivity index (χ4n) is 4.42. The van der Waals surface area contributed by atoms with Crippen molar-refractivity contribution < 1.29 is 9.90 Å². The molecule has 134 valence electrons. The molecule has 0 atom stereocenters. The average molecular weight is 348 g/mol. The van der Waals surface area contributed by atoms with E-state index < -0.39 is 5.91 Å². The zero-order valence-electron chi connectivity index (χ0n) is 15.0. The number of aryl methyl sites for hydroxylation is 1. The fourth-order valence-corrected chi connectivity index (χ4v) is 4.42.